The van der Waals surface area contributed by atoms with Crippen LogP contribution in [-0.4, -0.2) is 78.1 Å². The van der Waals surface area contributed by atoms with Gasteiger partial charge in [0.25, 0.3) is 0 Å². The van der Waals surface area contributed by atoms with Crippen molar-refractivity contribution in [2.75, 3.05) is 44.6 Å². The summed E-state index contributed by atoms with van der Waals surface area (Å²) < 4.78 is 44.0. The molecular formula is C29H32Cl2F3N5O4. The Morgan fingerprint density at radius 3 is 2.37 bits per heavy atom. The van der Waals surface area contributed by atoms with Crippen molar-refractivity contribution in [1.29, 1.82) is 0 Å². The highest BCUT2D eigenvalue weighted by molar-refractivity contribution is 6.35. The van der Waals surface area contributed by atoms with Crippen molar-refractivity contribution in [3.05, 3.63) is 74.9 Å². The summed E-state index contributed by atoms with van der Waals surface area (Å²) in [6.45, 7) is 7.09. The highest BCUT2D eigenvalue weighted by Crippen LogP contribution is 2.36. The summed E-state index contributed by atoms with van der Waals surface area (Å²) in [5.41, 5.74) is 0.657. The van der Waals surface area contributed by atoms with Gasteiger partial charge in [0, 0.05) is 60.2 Å². The van der Waals surface area contributed by atoms with Crippen molar-refractivity contribution >= 4 is 46.9 Å². The number of urea groups is 2. The van der Waals surface area contributed by atoms with Gasteiger partial charge >= 0.3 is 24.2 Å². The van der Waals surface area contributed by atoms with Crippen LogP contribution in [0.4, 0.5) is 28.4 Å². The molecule has 4 rings (SSSR count). The van der Waals surface area contributed by atoms with Gasteiger partial charge in [-0.2, -0.15) is 13.2 Å². The standard InChI is InChI=1S/C29H32Cl2F3N5O4/c1-4-38-23(24(26(40)43-5-2)25(36-28(38)42)21-11-8-19(30)14-22(21)31)16-37-12-13-39(17(3)15-37)27(41)35-20-9-6-18(7-10-20)29(32,33)34/h6-11,14,17,25H,4-5,12-13,15-16H2,1-3H3,(H,35,41)(H,36,42)/t17-,25-/m0/s1. The Kier molecular flexibility index (Phi) is 10.1. The smallest absolute Gasteiger partial charge is 0.416 e. The fraction of sp³-hybridized carbons (Fsp3) is 0.414. The number of nitrogens with one attached hydrogen (secondary N) is 2. The number of halogens is 5. The molecular weight excluding hydrogens is 610 g/mol. The second-order valence-corrected chi connectivity index (χ2v) is 11.0. The first kappa shape index (κ1) is 32.4. The van der Waals surface area contributed by atoms with Gasteiger partial charge in [-0.05, 0) is 62.7 Å². The zero-order valence-corrected chi connectivity index (χ0v) is 25.3. The minimum absolute atomic E-state index is 0.126. The van der Waals surface area contributed by atoms with Gasteiger partial charge in [0.1, 0.15) is 0 Å². The van der Waals surface area contributed by atoms with Gasteiger partial charge < -0.3 is 20.3 Å². The number of ether oxygens (including phenoxy) is 1. The molecule has 2 N–H and O–H groups in total. The van der Waals surface area contributed by atoms with Crippen molar-refractivity contribution in [3.63, 3.8) is 0 Å². The van der Waals surface area contributed by atoms with Gasteiger partial charge in [-0.15, -0.1) is 0 Å². The summed E-state index contributed by atoms with van der Waals surface area (Å²) in [5, 5.41) is 6.22. The van der Waals surface area contributed by atoms with E-state index >= 15 is 0 Å². The molecule has 2 aromatic carbocycles. The number of benzene rings is 2. The minimum Gasteiger partial charge on any atom is -0.463 e. The zero-order chi connectivity index (χ0) is 31.5. The molecule has 0 radical (unpaired) electrons. The maximum atomic E-state index is 13.4. The molecule has 2 atom stereocenters. The van der Waals surface area contributed by atoms with E-state index < -0.39 is 35.8 Å². The van der Waals surface area contributed by atoms with Crippen LogP contribution in [0.2, 0.25) is 10.0 Å². The number of rotatable bonds is 7. The molecule has 232 valence electrons. The number of piperazine rings is 1. The van der Waals surface area contributed by atoms with E-state index in [1.54, 1.807) is 30.9 Å². The molecule has 2 heterocycles. The molecule has 2 aromatic rings. The van der Waals surface area contributed by atoms with Crippen LogP contribution < -0.4 is 10.6 Å². The lowest BCUT2D eigenvalue weighted by Gasteiger charge is -2.42. The average Bonchev–Trinajstić information content (AvgIpc) is 2.93. The second kappa shape index (κ2) is 13.4. The Morgan fingerprint density at radius 1 is 1.09 bits per heavy atom. The first-order chi connectivity index (χ1) is 20.3. The molecule has 0 aromatic heterocycles. The van der Waals surface area contributed by atoms with E-state index in [1.165, 1.54) is 23.1 Å². The number of hydrogen-bond donors (Lipinski definition) is 2. The summed E-state index contributed by atoms with van der Waals surface area (Å²) in [6, 6.07) is 7.06. The average molecular weight is 643 g/mol. The van der Waals surface area contributed by atoms with Gasteiger partial charge in [0.15, 0.2) is 0 Å². The van der Waals surface area contributed by atoms with Gasteiger partial charge in [-0.1, -0.05) is 29.3 Å². The number of likely N-dealkylation sites (N-methyl/N-ethyl adjacent to an activating group) is 1. The van der Waals surface area contributed by atoms with Crippen LogP contribution in [0.5, 0.6) is 0 Å². The third-order valence-corrected chi connectivity index (χ3v) is 7.90. The van der Waals surface area contributed by atoms with Crippen molar-refractivity contribution in [2.45, 2.75) is 39.0 Å². The number of hydrogen-bond acceptors (Lipinski definition) is 5. The summed E-state index contributed by atoms with van der Waals surface area (Å²) in [7, 11) is 0. The molecule has 4 amide bonds. The molecule has 2 aliphatic heterocycles. The maximum absolute atomic E-state index is 13.4. The quantitative estimate of drug-likeness (QED) is 0.354. The number of amides is 4. The van der Waals surface area contributed by atoms with Crippen LogP contribution in [0.25, 0.3) is 0 Å². The summed E-state index contributed by atoms with van der Waals surface area (Å²) in [5.74, 6) is -0.588. The molecule has 1 saturated heterocycles. The Hall–Kier alpha value is -3.48. The lowest BCUT2D eigenvalue weighted by molar-refractivity contribution is -0.139. The van der Waals surface area contributed by atoms with Crippen LogP contribution in [0.3, 0.4) is 0 Å². The highest BCUT2D eigenvalue weighted by atomic mass is 35.5. The van der Waals surface area contributed by atoms with Gasteiger partial charge in [-0.3, -0.25) is 9.80 Å². The Balaban J connectivity index is 1.55. The fourth-order valence-corrected chi connectivity index (χ4v) is 5.77. The van der Waals surface area contributed by atoms with E-state index in [9.17, 15) is 27.6 Å². The highest BCUT2D eigenvalue weighted by Gasteiger charge is 2.40. The minimum atomic E-state index is -4.47. The monoisotopic (exact) mass is 641 g/mol. The number of alkyl halides is 3. The molecule has 43 heavy (non-hydrogen) atoms. The predicted molar refractivity (Wildman–Crippen MR) is 157 cm³/mol. The predicted octanol–water partition coefficient (Wildman–Crippen LogP) is 6.15. The molecule has 0 unspecified atom stereocenters. The van der Waals surface area contributed by atoms with E-state index in [0.717, 1.165) is 12.1 Å². The van der Waals surface area contributed by atoms with E-state index in [-0.39, 0.29) is 42.0 Å². The van der Waals surface area contributed by atoms with Gasteiger partial charge in [-0.25, -0.2) is 14.4 Å². The lowest BCUT2D eigenvalue weighted by atomic mass is 9.94. The molecule has 2 aliphatic rings. The normalized spacial score (nSPS) is 19.8. The summed E-state index contributed by atoms with van der Waals surface area (Å²) in [4.78, 5) is 44.7. The van der Waals surface area contributed by atoms with Crippen LogP contribution >= 0.6 is 23.2 Å². The summed E-state index contributed by atoms with van der Waals surface area (Å²) in [6.07, 6.45) is -4.47. The van der Waals surface area contributed by atoms with E-state index in [0.29, 0.717) is 35.9 Å². The number of anilines is 1. The van der Waals surface area contributed by atoms with Gasteiger partial charge in [0.05, 0.1) is 23.8 Å². The van der Waals surface area contributed by atoms with Crippen LogP contribution in [0.1, 0.15) is 37.9 Å². The molecule has 0 saturated carbocycles. The van der Waals surface area contributed by atoms with E-state index in [2.05, 4.69) is 10.6 Å². The fourth-order valence-electron chi connectivity index (χ4n) is 5.25. The van der Waals surface area contributed by atoms with Crippen LogP contribution in [-0.2, 0) is 15.7 Å². The van der Waals surface area contributed by atoms with Gasteiger partial charge in [0.2, 0.25) is 0 Å². The molecule has 9 nitrogen and oxygen atoms in total. The van der Waals surface area contributed by atoms with E-state index in [1.807, 2.05) is 11.8 Å². The van der Waals surface area contributed by atoms with Crippen molar-refractivity contribution in [3.8, 4) is 0 Å². The number of nitrogens with zero attached hydrogens (tertiary/aromatic N) is 3. The molecule has 1 fully saturated rings. The zero-order valence-electron chi connectivity index (χ0n) is 23.8. The Labute approximate surface area is 257 Å². The SMILES string of the molecule is CCOC(=O)C1=C(CN2CCN(C(=O)Nc3ccc(C(F)(F)F)cc3)[C@@H](C)C2)N(CC)C(=O)N[C@H]1c1ccc(Cl)cc1Cl. The third kappa shape index (κ3) is 7.36. The summed E-state index contributed by atoms with van der Waals surface area (Å²) >= 11 is 12.6. The Bertz CT molecular complexity index is 1400. The number of carbonyl (C=O) groups is 3. The van der Waals surface area contributed by atoms with Crippen LogP contribution in [0, 0.1) is 0 Å². The molecule has 0 spiro atoms. The second-order valence-electron chi connectivity index (χ2n) is 10.2. The molecule has 14 heteroatoms. The number of esters is 1. The molecule has 0 aliphatic carbocycles. The lowest BCUT2D eigenvalue weighted by Crippen LogP contribution is -2.57. The first-order valence-corrected chi connectivity index (χ1v) is 14.5. The van der Waals surface area contributed by atoms with Crippen molar-refractivity contribution < 1.29 is 32.3 Å². The van der Waals surface area contributed by atoms with E-state index in [4.69, 9.17) is 27.9 Å². The third-order valence-electron chi connectivity index (χ3n) is 7.33. The van der Waals surface area contributed by atoms with Crippen LogP contribution in [0.15, 0.2) is 53.7 Å². The largest absolute Gasteiger partial charge is 0.463 e. The first-order valence-electron chi connectivity index (χ1n) is 13.7. The molecule has 0 bridgehead atoms. The van der Waals surface area contributed by atoms with Crippen molar-refractivity contribution in [1.82, 2.24) is 20.0 Å². The maximum Gasteiger partial charge on any atom is 0.416 e. The number of carbonyl (C=O) groups excluding carboxylic acids is 3. The topological polar surface area (TPSA) is 94.2 Å². The van der Waals surface area contributed by atoms with Crippen molar-refractivity contribution in [2.24, 2.45) is 0 Å². The Morgan fingerprint density at radius 2 is 1.79 bits per heavy atom.